The molecule has 9 heteroatoms. The van der Waals surface area contributed by atoms with E-state index in [2.05, 4.69) is 14.9 Å². The molecule has 2 rings (SSSR count). The van der Waals surface area contributed by atoms with Gasteiger partial charge in [-0.25, -0.2) is 4.79 Å². The van der Waals surface area contributed by atoms with Crippen molar-refractivity contribution in [2.45, 2.75) is 32.1 Å². The molecule has 0 unspecified atom stereocenters. The molecule has 0 N–H and O–H groups in total. The first kappa shape index (κ1) is 13.6. The third kappa shape index (κ3) is 3.36. The lowest BCUT2D eigenvalue weighted by molar-refractivity contribution is -0.162. The highest BCUT2D eigenvalue weighted by Gasteiger charge is 2.30. The van der Waals surface area contributed by atoms with Crippen LogP contribution in [0.5, 0.6) is 0 Å². The van der Waals surface area contributed by atoms with Crippen LogP contribution in [0.25, 0.3) is 0 Å². The summed E-state index contributed by atoms with van der Waals surface area (Å²) in [6.45, 7) is -0.749. The van der Waals surface area contributed by atoms with Gasteiger partial charge in [-0.15, -0.1) is 10.2 Å². The number of rotatable bonds is 3. The maximum Gasteiger partial charge on any atom is 0.422 e. The van der Waals surface area contributed by atoms with E-state index >= 15 is 0 Å². The number of hydrogen-bond donors (Lipinski definition) is 0. The topological polar surface area (TPSA) is 60.2 Å². The lowest BCUT2D eigenvalue weighted by atomic mass is 10.4. The van der Waals surface area contributed by atoms with E-state index in [-0.39, 0.29) is 6.54 Å². The Labute approximate surface area is 107 Å². The Kier molecular flexibility index (Phi) is 3.63. The number of aromatic nitrogens is 3. The molecular weight excluding hydrogens is 265 g/mol. The summed E-state index contributed by atoms with van der Waals surface area (Å²) < 4.78 is 41.8. The molecule has 0 atom stereocenters. The number of halogens is 3. The van der Waals surface area contributed by atoms with Gasteiger partial charge >= 0.3 is 12.3 Å². The van der Waals surface area contributed by atoms with Gasteiger partial charge in [0, 0.05) is 20.0 Å². The Hall–Kier alpha value is -1.80. The van der Waals surface area contributed by atoms with Gasteiger partial charge in [-0.1, -0.05) is 0 Å². The van der Waals surface area contributed by atoms with Crippen LogP contribution in [-0.2, 0) is 24.2 Å². The van der Waals surface area contributed by atoms with Crippen molar-refractivity contribution in [3.05, 3.63) is 11.6 Å². The van der Waals surface area contributed by atoms with Crippen molar-refractivity contribution in [3.8, 4) is 0 Å². The minimum Gasteiger partial charge on any atom is -0.440 e. The molecule has 1 aromatic rings. The molecule has 0 saturated carbocycles. The number of aryl methyl sites for hydroxylation is 1. The van der Waals surface area contributed by atoms with Crippen LogP contribution in [0.2, 0.25) is 0 Å². The number of fused-ring (bicyclic) bond motifs is 1. The SMILES string of the molecule is CN(Cc1nnc2n1CCC2)C(=O)OCC(F)(F)F. The van der Waals surface area contributed by atoms with Crippen molar-refractivity contribution < 1.29 is 22.7 Å². The van der Waals surface area contributed by atoms with E-state index in [1.807, 2.05) is 4.57 Å². The van der Waals surface area contributed by atoms with Crippen LogP contribution < -0.4 is 0 Å². The Bertz CT molecular complexity index is 472. The third-order valence-electron chi connectivity index (χ3n) is 2.74. The quantitative estimate of drug-likeness (QED) is 0.837. The van der Waals surface area contributed by atoms with Gasteiger partial charge in [-0.05, 0) is 6.42 Å². The van der Waals surface area contributed by atoms with Gasteiger partial charge in [-0.2, -0.15) is 13.2 Å². The minimum absolute atomic E-state index is 0.0731. The summed E-state index contributed by atoms with van der Waals surface area (Å²) >= 11 is 0. The standard InChI is InChI=1S/C10H13F3N4O2/c1-16(9(18)19-6-10(11,12)13)5-8-15-14-7-3-2-4-17(7)8/h2-6H2,1H3. The van der Waals surface area contributed by atoms with E-state index in [1.54, 1.807) is 0 Å². The Balaban J connectivity index is 1.90. The molecule has 0 bridgehead atoms. The fourth-order valence-corrected chi connectivity index (χ4v) is 1.86. The average molecular weight is 278 g/mol. The van der Waals surface area contributed by atoms with Gasteiger partial charge in [-0.3, -0.25) is 0 Å². The third-order valence-corrected chi connectivity index (χ3v) is 2.74. The van der Waals surface area contributed by atoms with Gasteiger partial charge in [0.1, 0.15) is 5.82 Å². The number of carbonyl (C=O) groups is 1. The summed E-state index contributed by atoms with van der Waals surface area (Å²) in [6, 6.07) is 0. The molecule has 0 spiro atoms. The molecule has 0 radical (unpaired) electrons. The fraction of sp³-hybridized carbons (Fsp3) is 0.700. The number of ether oxygens (including phenoxy) is 1. The van der Waals surface area contributed by atoms with E-state index < -0.39 is 18.9 Å². The van der Waals surface area contributed by atoms with Gasteiger partial charge in [0.15, 0.2) is 12.4 Å². The number of alkyl halides is 3. The molecule has 19 heavy (non-hydrogen) atoms. The monoisotopic (exact) mass is 278 g/mol. The van der Waals surface area contributed by atoms with Crippen LogP contribution in [0.4, 0.5) is 18.0 Å². The molecule has 106 valence electrons. The largest absolute Gasteiger partial charge is 0.440 e. The highest BCUT2D eigenvalue weighted by molar-refractivity contribution is 5.67. The molecule has 6 nitrogen and oxygen atoms in total. The first-order valence-corrected chi connectivity index (χ1v) is 5.72. The molecule has 1 aromatic heterocycles. The van der Waals surface area contributed by atoms with E-state index in [4.69, 9.17) is 0 Å². The van der Waals surface area contributed by atoms with Crippen molar-refractivity contribution in [1.82, 2.24) is 19.7 Å². The molecule has 0 saturated heterocycles. The van der Waals surface area contributed by atoms with Gasteiger partial charge in [0.2, 0.25) is 0 Å². The normalized spacial score (nSPS) is 14.3. The molecule has 1 amide bonds. The zero-order valence-corrected chi connectivity index (χ0v) is 10.3. The summed E-state index contributed by atoms with van der Waals surface area (Å²) in [5.74, 6) is 1.39. The fourth-order valence-electron chi connectivity index (χ4n) is 1.86. The second kappa shape index (κ2) is 5.06. The van der Waals surface area contributed by atoms with Gasteiger partial charge in [0.05, 0.1) is 6.54 Å². The maximum absolute atomic E-state index is 11.9. The highest BCUT2D eigenvalue weighted by atomic mass is 19.4. The lowest BCUT2D eigenvalue weighted by Crippen LogP contribution is -2.31. The second-order valence-electron chi connectivity index (χ2n) is 4.31. The molecule has 0 aliphatic carbocycles. The molecule has 1 aliphatic rings. The van der Waals surface area contributed by atoms with Gasteiger partial charge in [0.25, 0.3) is 0 Å². The Morgan fingerprint density at radius 2 is 2.21 bits per heavy atom. The zero-order valence-electron chi connectivity index (χ0n) is 10.3. The Morgan fingerprint density at radius 3 is 2.89 bits per heavy atom. The minimum atomic E-state index is -4.52. The number of carbonyl (C=O) groups excluding carboxylic acids is 1. The van der Waals surface area contributed by atoms with Gasteiger partial charge < -0.3 is 14.2 Å². The van der Waals surface area contributed by atoms with Crippen LogP contribution in [0.1, 0.15) is 18.1 Å². The zero-order chi connectivity index (χ0) is 14.0. The Morgan fingerprint density at radius 1 is 1.47 bits per heavy atom. The van der Waals surface area contributed by atoms with E-state index in [0.29, 0.717) is 5.82 Å². The summed E-state index contributed by atoms with van der Waals surface area (Å²) in [5, 5.41) is 7.86. The molecule has 0 fully saturated rings. The first-order chi connectivity index (χ1) is 8.87. The number of nitrogens with zero attached hydrogens (tertiary/aromatic N) is 4. The predicted molar refractivity (Wildman–Crippen MR) is 57.2 cm³/mol. The van der Waals surface area contributed by atoms with Crippen LogP contribution in [-0.4, -0.2) is 45.6 Å². The van der Waals surface area contributed by atoms with Crippen molar-refractivity contribution >= 4 is 6.09 Å². The van der Waals surface area contributed by atoms with Crippen molar-refractivity contribution in [3.63, 3.8) is 0 Å². The number of amides is 1. The van der Waals surface area contributed by atoms with E-state index in [0.717, 1.165) is 30.1 Å². The summed E-state index contributed by atoms with van der Waals surface area (Å²) in [5.41, 5.74) is 0. The van der Waals surface area contributed by atoms with Crippen LogP contribution in [0, 0.1) is 0 Å². The number of hydrogen-bond acceptors (Lipinski definition) is 4. The van der Waals surface area contributed by atoms with Crippen LogP contribution >= 0.6 is 0 Å². The van der Waals surface area contributed by atoms with Crippen LogP contribution in [0.15, 0.2) is 0 Å². The summed E-state index contributed by atoms with van der Waals surface area (Å²) in [7, 11) is 1.36. The lowest BCUT2D eigenvalue weighted by Gasteiger charge is -2.17. The van der Waals surface area contributed by atoms with E-state index in [1.165, 1.54) is 7.05 Å². The second-order valence-corrected chi connectivity index (χ2v) is 4.31. The summed E-state index contributed by atoms with van der Waals surface area (Å²) in [6.07, 6.45) is -3.77. The molecule has 2 heterocycles. The predicted octanol–water partition coefficient (Wildman–Crippen LogP) is 1.35. The molecule has 1 aliphatic heterocycles. The molecule has 0 aromatic carbocycles. The van der Waals surface area contributed by atoms with Crippen molar-refractivity contribution in [2.24, 2.45) is 0 Å². The first-order valence-electron chi connectivity index (χ1n) is 5.72. The van der Waals surface area contributed by atoms with E-state index in [9.17, 15) is 18.0 Å². The smallest absolute Gasteiger partial charge is 0.422 e. The average Bonchev–Trinajstić information content (AvgIpc) is 2.89. The molecular formula is C10H13F3N4O2. The highest BCUT2D eigenvalue weighted by Crippen LogP contribution is 2.17. The summed E-state index contributed by atoms with van der Waals surface area (Å²) in [4.78, 5) is 12.4. The van der Waals surface area contributed by atoms with Crippen molar-refractivity contribution in [1.29, 1.82) is 0 Å². The maximum atomic E-state index is 11.9. The van der Waals surface area contributed by atoms with Crippen molar-refractivity contribution in [2.75, 3.05) is 13.7 Å². The van der Waals surface area contributed by atoms with Crippen LogP contribution in [0.3, 0.4) is 0 Å².